The lowest BCUT2D eigenvalue weighted by molar-refractivity contribution is 0.143. The molecule has 0 amide bonds. The Labute approximate surface area is 133 Å². The van der Waals surface area contributed by atoms with Crippen molar-refractivity contribution in [3.05, 3.63) is 40.7 Å². The van der Waals surface area contributed by atoms with Crippen molar-refractivity contribution in [2.24, 2.45) is 5.92 Å². The van der Waals surface area contributed by atoms with Crippen LogP contribution in [0.25, 0.3) is 0 Å². The average molecular weight is 321 g/mol. The van der Waals surface area contributed by atoms with Gasteiger partial charge >= 0.3 is 0 Å². The number of ether oxygens (including phenoxy) is 1. The second-order valence-electron chi connectivity index (χ2n) is 5.69. The summed E-state index contributed by atoms with van der Waals surface area (Å²) in [7, 11) is 1.75. The number of halogens is 1. The molecule has 0 N–H and O–H groups in total. The summed E-state index contributed by atoms with van der Waals surface area (Å²) in [6, 6.07) is 6.56. The van der Waals surface area contributed by atoms with Crippen LogP contribution in [-0.4, -0.2) is 37.0 Å². The van der Waals surface area contributed by atoms with Gasteiger partial charge in [0.2, 0.25) is 5.13 Å². The first kappa shape index (κ1) is 15.4. The van der Waals surface area contributed by atoms with E-state index in [1.165, 1.54) is 25.0 Å². The van der Waals surface area contributed by atoms with Gasteiger partial charge in [-0.25, -0.2) is 4.39 Å². The van der Waals surface area contributed by atoms with Gasteiger partial charge in [0.05, 0.1) is 6.61 Å². The number of anilines is 1. The molecule has 1 aromatic heterocycles. The van der Waals surface area contributed by atoms with Crippen LogP contribution >= 0.6 is 11.3 Å². The number of rotatable bonds is 5. The van der Waals surface area contributed by atoms with Crippen LogP contribution in [0, 0.1) is 11.7 Å². The normalized spacial score (nSPS) is 18.6. The Hall–Kier alpha value is -1.53. The summed E-state index contributed by atoms with van der Waals surface area (Å²) in [6.07, 6.45) is 3.08. The molecule has 1 fully saturated rings. The molecule has 1 atom stereocenters. The Morgan fingerprint density at radius 1 is 1.32 bits per heavy atom. The fourth-order valence-electron chi connectivity index (χ4n) is 2.83. The molecule has 6 heteroatoms. The molecule has 1 aromatic carbocycles. The van der Waals surface area contributed by atoms with E-state index in [9.17, 15) is 4.39 Å². The molecule has 0 saturated carbocycles. The van der Waals surface area contributed by atoms with E-state index in [0.717, 1.165) is 35.4 Å². The maximum atomic E-state index is 12.9. The molecule has 0 bridgehead atoms. The smallest absolute Gasteiger partial charge is 0.208 e. The summed E-state index contributed by atoms with van der Waals surface area (Å²) >= 11 is 1.63. The number of benzene rings is 1. The van der Waals surface area contributed by atoms with Crippen molar-refractivity contribution < 1.29 is 9.13 Å². The van der Waals surface area contributed by atoms with Crippen LogP contribution in [0.2, 0.25) is 0 Å². The van der Waals surface area contributed by atoms with Gasteiger partial charge in [0, 0.05) is 26.6 Å². The van der Waals surface area contributed by atoms with Gasteiger partial charge in [-0.1, -0.05) is 23.5 Å². The van der Waals surface area contributed by atoms with Crippen LogP contribution in [0.3, 0.4) is 0 Å². The van der Waals surface area contributed by atoms with E-state index < -0.39 is 0 Å². The predicted octanol–water partition coefficient (Wildman–Crippen LogP) is 3.13. The lowest BCUT2D eigenvalue weighted by Gasteiger charge is -2.31. The quantitative estimate of drug-likeness (QED) is 0.848. The van der Waals surface area contributed by atoms with Gasteiger partial charge in [-0.15, -0.1) is 10.2 Å². The molecule has 1 aliphatic heterocycles. The molecular formula is C16H20FN3OS. The van der Waals surface area contributed by atoms with E-state index in [1.807, 2.05) is 0 Å². The molecule has 2 heterocycles. The van der Waals surface area contributed by atoms with Crippen LogP contribution in [0.4, 0.5) is 9.52 Å². The fraction of sp³-hybridized carbons (Fsp3) is 0.500. The minimum Gasteiger partial charge on any atom is -0.384 e. The van der Waals surface area contributed by atoms with Crippen LogP contribution in [0.1, 0.15) is 23.4 Å². The molecule has 4 nitrogen and oxygen atoms in total. The van der Waals surface area contributed by atoms with Crippen LogP contribution < -0.4 is 4.90 Å². The molecule has 1 saturated heterocycles. The van der Waals surface area contributed by atoms with Gasteiger partial charge in [0.15, 0.2) is 0 Å². The number of nitrogens with zero attached hydrogens (tertiary/aromatic N) is 3. The van der Waals surface area contributed by atoms with E-state index in [1.54, 1.807) is 30.6 Å². The van der Waals surface area contributed by atoms with Gasteiger partial charge in [-0.3, -0.25) is 0 Å². The lowest BCUT2D eigenvalue weighted by Crippen LogP contribution is -2.37. The summed E-state index contributed by atoms with van der Waals surface area (Å²) in [5.74, 6) is 0.363. The Balaban J connectivity index is 1.64. The summed E-state index contributed by atoms with van der Waals surface area (Å²) in [5.41, 5.74) is 1.06. The monoisotopic (exact) mass is 321 g/mol. The molecule has 2 aromatic rings. The molecule has 0 spiro atoms. The second-order valence-corrected chi connectivity index (χ2v) is 6.73. The van der Waals surface area contributed by atoms with Gasteiger partial charge in [0.25, 0.3) is 0 Å². The topological polar surface area (TPSA) is 38.2 Å². The van der Waals surface area contributed by atoms with Crippen LogP contribution in [-0.2, 0) is 11.2 Å². The zero-order valence-corrected chi connectivity index (χ0v) is 13.5. The first-order chi connectivity index (χ1) is 10.7. The van der Waals surface area contributed by atoms with Crippen molar-refractivity contribution in [3.8, 4) is 0 Å². The first-order valence-corrected chi connectivity index (χ1v) is 8.37. The Morgan fingerprint density at radius 2 is 2.14 bits per heavy atom. The summed E-state index contributed by atoms with van der Waals surface area (Å²) in [4.78, 5) is 2.30. The minimum absolute atomic E-state index is 0.209. The molecule has 22 heavy (non-hydrogen) atoms. The molecule has 3 rings (SSSR count). The zero-order chi connectivity index (χ0) is 15.4. The highest BCUT2D eigenvalue weighted by atomic mass is 32.1. The third-order valence-electron chi connectivity index (χ3n) is 3.92. The summed E-state index contributed by atoms with van der Waals surface area (Å²) in [6.45, 7) is 2.82. The Bertz CT molecular complexity index is 600. The van der Waals surface area contributed by atoms with E-state index in [-0.39, 0.29) is 5.82 Å². The maximum absolute atomic E-state index is 12.9. The first-order valence-electron chi connectivity index (χ1n) is 7.55. The van der Waals surface area contributed by atoms with Crippen molar-refractivity contribution >= 4 is 16.5 Å². The number of aromatic nitrogens is 2. The van der Waals surface area contributed by atoms with Gasteiger partial charge in [-0.2, -0.15) is 0 Å². The molecule has 0 aliphatic carbocycles. The fourth-order valence-corrected chi connectivity index (χ4v) is 3.74. The molecule has 1 unspecified atom stereocenters. The standard InChI is InChI=1S/C16H20FN3OS/c1-21-11-13-3-2-8-20(10-13)16-19-18-15(22-16)9-12-4-6-14(17)7-5-12/h4-7,13H,2-3,8-11H2,1H3. The van der Waals surface area contributed by atoms with Crippen molar-refractivity contribution in [3.63, 3.8) is 0 Å². The Kier molecular flexibility index (Phi) is 5.00. The van der Waals surface area contributed by atoms with Crippen LogP contribution in [0.15, 0.2) is 24.3 Å². The predicted molar refractivity (Wildman–Crippen MR) is 85.9 cm³/mol. The zero-order valence-electron chi connectivity index (χ0n) is 12.7. The largest absolute Gasteiger partial charge is 0.384 e. The SMILES string of the molecule is COCC1CCCN(c2nnc(Cc3ccc(F)cc3)s2)C1. The van der Waals surface area contributed by atoms with Crippen LogP contribution in [0.5, 0.6) is 0 Å². The van der Waals surface area contributed by atoms with E-state index in [4.69, 9.17) is 4.74 Å². The van der Waals surface area contributed by atoms with Crippen molar-refractivity contribution in [1.82, 2.24) is 10.2 Å². The molecule has 0 radical (unpaired) electrons. The minimum atomic E-state index is -0.209. The maximum Gasteiger partial charge on any atom is 0.208 e. The number of hydrogen-bond acceptors (Lipinski definition) is 5. The Morgan fingerprint density at radius 3 is 2.91 bits per heavy atom. The van der Waals surface area contributed by atoms with E-state index in [0.29, 0.717) is 12.3 Å². The summed E-state index contributed by atoms with van der Waals surface area (Å²) in [5, 5.41) is 10.6. The third-order valence-corrected chi connectivity index (χ3v) is 4.90. The number of methoxy groups -OCH3 is 1. The third kappa shape index (κ3) is 3.81. The second kappa shape index (κ2) is 7.15. The number of hydrogen-bond donors (Lipinski definition) is 0. The molecule has 118 valence electrons. The van der Waals surface area contributed by atoms with Crippen molar-refractivity contribution in [2.75, 3.05) is 31.7 Å². The highest BCUT2D eigenvalue weighted by Gasteiger charge is 2.22. The van der Waals surface area contributed by atoms with Crippen molar-refractivity contribution in [1.29, 1.82) is 0 Å². The van der Waals surface area contributed by atoms with Gasteiger partial charge in [-0.05, 0) is 36.5 Å². The lowest BCUT2D eigenvalue weighted by atomic mass is 9.99. The summed E-state index contributed by atoms with van der Waals surface area (Å²) < 4.78 is 18.2. The average Bonchev–Trinajstić information content (AvgIpc) is 2.99. The highest BCUT2D eigenvalue weighted by molar-refractivity contribution is 7.15. The molecular weight excluding hydrogens is 301 g/mol. The van der Waals surface area contributed by atoms with Gasteiger partial charge < -0.3 is 9.64 Å². The van der Waals surface area contributed by atoms with Crippen molar-refractivity contribution in [2.45, 2.75) is 19.3 Å². The highest BCUT2D eigenvalue weighted by Crippen LogP contribution is 2.27. The van der Waals surface area contributed by atoms with E-state index >= 15 is 0 Å². The number of piperidine rings is 1. The van der Waals surface area contributed by atoms with E-state index in [2.05, 4.69) is 15.1 Å². The molecule has 1 aliphatic rings. The van der Waals surface area contributed by atoms with Gasteiger partial charge in [0.1, 0.15) is 10.8 Å².